The van der Waals surface area contributed by atoms with Gasteiger partial charge in [-0.05, 0) is 34.7 Å². The third kappa shape index (κ3) is 5.71. The minimum atomic E-state index is -1.32. The number of carbonyl (C=O) groups excluding carboxylic acids is 1. The van der Waals surface area contributed by atoms with Gasteiger partial charge in [0.25, 0.3) is 5.91 Å². The zero-order chi connectivity index (χ0) is 21.7. The maximum absolute atomic E-state index is 13.3. The molecule has 3 rings (SSSR count). The first-order valence-corrected chi connectivity index (χ1v) is 10.7. The van der Waals surface area contributed by atoms with Crippen molar-refractivity contribution in [1.82, 2.24) is 10.2 Å². The van der Waals surface area contributed by atoms with Crippen molar-refractivity contribution in [1.29, 1.82) is 0 Å². The molecule has 4 N–H and O–H groups in total. The molecule has 5 nitrogen and oxygen atoms in total. The molecule has 0 radical (unpaired) electrons. The first-order chi connectivity index (χ1) is 14.4. The van der Waals surface area contributed by atoms with E-state index >= 15 is 0 Å². The topological polar surface area (TPSA) is 78.6 Å². The number of alkyl halides is 3. The number of carbonyl (C=O) groups is 1. The predicted octanol–water partition coefficient (Wildman–Crippen LogP) is 3.04. The number of hydrogen-bond acceptors (Lipinski definition) is 4. The lowest BCUT2D eigenvalue weighted by molar-refractivity contribution is -0.121. The van der Waals surface area contributed by atoms with Gasteiger partial charge in [0.2, 0.25) is 0 Å². The maximum atomic E-state index is 13.3. The quantitative estimate of drug-likeness (QED) is 0.509. The van der Waals surface area contributed by atoms with Gasteiger partial charge in [-0.1, -0.05) is 71.7 Å². The summed E-state index contributed by atoms with van der Waals surface area (Å²) < 4.78 is 13.3. The lowest BCUT2D eigenvalue weighted by Crippen LogP contribution is -2.49. The Balaban J connectivity index is 1.61. The van der Waals surface area contributed by atoms with Crippen LogP contribution in [0.4, 0.5) is 4.39 Å². The number of nitrogens with zero attached hydrogens (tertiary/aromatic N) is 1. The number of hydrogen-bond donors (Lipinski definition) is 3. The number of aliphatic hydroxyl groups is 1. The van der Waals surface area contributed by atoms with Crippen LogP contribution in [0.5, 0.6) is 0 Å². The van der Waals surface area contributed by atoms with Crippen molar-refractivity contribution in [2.75, 3.05) is 26.3 Å². The van der Waals surface area contributed by atoms with E-state index in [-0.39, 0.29) is 0 Å². The SMILES string of the molecule is NCC1CN(Cc2ccc(-c3ccc(C(O)C(CF)NC(=O)C(Cl)Cl)cc3)cc2)C1. The van der Waals surface area contributed by atoms with E-state index in [0.29, 0.717) is 11.5 Å². The molecule has 1 heterocycles. The summed E-state index contributed by atoms with van der Waals surface area (Å²) in [5.41, 5.74) is 9.44. The highest BCUT2D eigenvalue weighted by Crippen LogP contribution is 2.25. The number of amides is 1. The number of likely N-dealkylation sites (tertiary alicyclic amines) is 1. The highest BCUT2D eigenvalue weighted by Gasteiger charge is 2.26. The third-order valence-electron chi connectivity index (χ3n) is 5.39. The Kier molecular flexibility index (Phi) is 8.08. The monoisotopic (exact) mass is 453 g/mol. The fraction of sp³-hybridized carbons (Fsp3) is 0.409. The molecule has 0 aromatic heterocycles. The molecule has 0 spiro atoms. The number of rotatable bonds is 9. The van der Waals surface area contributed by atoms with E-state index in [2.05, 4.69) is 34.5 Å². The predicted molar refractivity (Wildman–Crippen MR) is 118 cm³/mol. The largest absolute Gasteiger partial charge is 0.386 e. The van der Waals surface area contributed by atoms with Gasteiger partial charge in [0.15, 0.2) is 4.84 Å². The minimum absolute atomic E-state index is 0.492. The molecule has 2 unspecified atom stereocenters. The van der Waals surface area contributed by atoms with Crippen molar-refractivity contribution < 1.29 is 14.3 Å². The van der Waals surface area contributed by atoms with Crippen molar-refractivity contribution in [3.05, 3.63) is 59.7 Å². The Hall–Kier alpha value is -1.70. The van der Waals surface area contributed by atoms with Gasteiger partial charge in [0.1, 0.15) is 12.8 Å². The lowest BCUT2D eigenvalue weighted by Gasteiger charge is -2.38. The van der Waals surface area contributed by atoms with Crippen LogP contribution in [0.3, 0.4) is 0 Å². The number of benzene rings is 2. The first kappa shape index (κ1) is 23.0. The lowest BCUT2D eigenvalue weighted by atomic mass is 9.97. The first-order valence-electron chi connectivity index (χ1n) is 9.85. The molecule has 0 aliphatic carbocycles. The molecular weight excluding hydrogens is 428 g/mol. The Morgan fingerprint density at radius 3 is 2.20 bits per heavy atom. The van der Waals surface area contributed by atoms with Gasteiger partial charge in [0.05, 0.1) is 6.04 Å². The zero-order valence-corrected chi connectivity index (χ0v) is 18.0. The normalized spacial score (nSPS) is 16.9. The number of halogens is 3. The van der Waals surface area contributed by atoms with Gasteiger partial charge < -0.3 is 16.2 Å². The van der Waals surface area contributed by atoms with Crippen molar-refractivity contribution in [3.63, 3.8) is 0 Å². The molecule has 1 aliphatic heterocycles. The van der Waals surface area contributed by atoms with Crippen LogP contribution in [-0.2, 0) is 11.3 Å². The molecule has 1 saturated heterocycles. The van der Waals surface area contributed by atoms with E-state index in [1.165, 1.54) is 5.56 Å². The van der Waals surface area contributed by atoms with E-state index in [4.69, 9.17) is 28.9 Å². The summed E-state index contributed by atoms with van der Waals surface area (Å²) >= 11 is 10.9. The van der Waals surface area contributed by atoms with Gasteiger partial charge in [0, 0.05) is 19.6 Å². The second-order valence-electron chi connectivity index (χ2n) is 7.63. The minimum Gasteiger partial charge on any atom is -0.386 e. The summed E-state index contributed by atoms with van der Waals surface area (Å²) in [5.74, 6) is -0.122. The van der Waals surface area contributed by atoms with Crippen LogP contribution in [0.2, 0.25) is 0 Å². The molecular formula is C22H26Cl2FN3O2. The third-order valence-corrected chi connectivity index (χ3v) is 5.78. The number of aliphatic hydroxyl groups excluding tert-OH is 1. The summed E-state index contributed by atoms with van der Waals surface area (Å²) in [6.45, 7) is 2.83. The highest BCUT2D eigenvalue weighted by molar-refractivity contribution is 6.53. The Morgan fingerprint density at radius 1 is 1.13 bits per heavy atom. The molecule has 8 heteroatoms. The van der Waals surface area contributed by atoms with E-state index in [1.54, 1.807) is 12.1 Å². The number of nitrogens with one attached hydrogen (secondary N) is 1. The van der Waals surface area contributed by atoms with Gasteiger partial charge in [-0.2, -0.15) is 0 Å². The number of nitrogens with two attached hydrogens (primary N) is 1. The fourth-order valence-electron chi connectivity index (χ4n) is 3.57. The fourth-order valence-corrected chi connectivity index (χ4v) is 3.69. The second-order valence-corrected chi connectivity index (χ2v) is 8.73. The summed E-state index contributed by atoms with van der Waals surface area (Å²) in [4.78, 5) is 12.6. The maximum Gasteiger partial charge on any atom is 0.253 e. The average molecular weight is 454 g/mol. The Labute approximate surface area is 186 Å². The molecule has 162 valence electrons. The van der Waals surface area contributed by atoms with Crippen LogP contribution < -0.4 is 11.1 Å². The highest BCUT2D eigenvalue weighted by atomic mass is 35.5. The van der Waals surface area contributed by atoms with E-state index < -0.39 is 29.6 Å². The van der Waals surface area contributed by atoms with Gasteiger partial charge >= 0.3 is 0 Å². The zero-order valence-electron chi connectivity index (χ0n) is 16.5. The summed E-state index contributed by atoms with van der Waals surface area (Å²) in [5, 5.41) is 12.7. The molecule has 0 bridgehead atoms. The van der Waals surface area contributed by atoms with Gasteiger partial charge in [-0.15, -0.1) is 0 Å². The molecule has 1 fully saturated rings. The average Bonchev–Trinajstić information content (AvgIpc) is 2.74. The van der Waals surface area contributed by atoms with E-state index in [0.717, 1.165) is 37.3 Å². The van der Waals surface area contributed by atoms with Crippen molar-refractivity contribution in [2.45, 2.75) is 23.5 Å². The Bertz CT molecular complexity index is 827. The van der Waals surface area contributed by atoms with Crippen LogP contribution in [0.25, 0.3) is 11.1 Å². The van der Waals surface area contributed by atoms with Crippen LogP contribution in [0, 0.1) is 5.92 Å². The van der Waals surface area contributed by atoms with E-state index in [1.807, 2.05) is 12.1 Å². The second kappa shape index (κ2) is 10.6. The molecule has 0 saturated carbocycles. The van der Waals surface area contributed by atoms with Gasteiger partial charge in [-0.3, -0.25) is 9.69 Å². The Morgan fingerprint density at radius 2 is 1.70 bits per heavy atom. The molecule has 2 aromatic carbocycles. The molecule has 2 atom stereocenters. The smallest absolute Gasteiger partial charge is 0.253 e. The van der Waals surface area contributed by atoms with E-state index in [9.17, 15) is 14.3 Å². The summed E-state index contributed by atoms with van der Waals surface area (Å²) in [7, 11) is 0. The van der Waals surface area contributed by atoms with Crippen molar-refractivity contribution in [3.8, 4) is 11.1 Å². The van der Waals surface area contributed by atoms with Crippen LogP contribution in [0.1, 0.15) is 17.2 Å². The molecule has 1 amide bonds. The molecule has 30 heavy (non-hydrogen) atoms. The van der Waals surface area contributed by atoms with Crippen LogP contribution in [-0.4, -0.2) is 53.1 Å². The molecule has 2 aromatic rings. The van der Waals surface area contributed by atoms with Crippen molar-refractivity contribution >= 4 is 29.1 Å². The summed E-state index contributed by atoms with van der Waals surface area (Å²) in [6.07, 6.45) is -1.21. The van der Waals surface area contributed by atoms with Crippen LogP contribution in [0.15, 0.2) is 48.5 Å². The summed E-state index contributed by atoms with van der Waals surface area (Å²) in [6, 6.07) is 14.4. The van der Waals surface area contributed by atoms with Gasteiger partial charge in [-0.25, -0.2) is 4.39 Å². The van der Waals surface area contributed by atoms with Crippen molar-refractivity contribution in [2.24, 2.45) is 11.7 Å². The van der Waals surface area contributed by atoms with Crippen LogP contribution >= 0.6 is 23.2 Å². The standard InChI is InChI=1S/C22H26Cl2FN3O2/c23-21(24)22(30)27-19(9-25)20(29)18-7-5-17(6-8-18)16-3-1-14(2-4-16)11-28-12-15(10-26)13-28/h1-8,15,19-21,29H,9-13,26H2,(H,27,30). The molecule has 1 aliphatic rings.